The lowest BCUT2D eigenvalue weighted by molar-refractivity contribution is 0.00578. The summed E-state index contributed by atoms with van der Waals surface area (Å²) in [6.45, 7) is 25.1. The average molecular weight is 691 g/mol. The maximum absolute atomic E-state index is 13.2. The molecule has 2 aliphatic heterocycles. The van der Waals surface area contributed by atoms with Gasteiger partial charge in [0.1, 0.15) is 22.6 Å². The van der Waals surface area contributed by atoms with Gasteiger partial charge < -0.3 is 33.4 Å². The predicted octanol–water partition coefficient (Wildman–Crippen LogP) is 5.78. The van der Waals surface area contributed by atoms with E-state index in [0.717, 1.165) is 41.7 Å². The molecule has 2 aromatic heterocycles. The zero-order chi connectivity index (χ0) is 37.2. The molecule has 4 rings (SSSR count). The number of amides is 2. The summed E-state index contributed by atoms with van der Waals surface area (Å²) in [5.74, 6) is -0.0467. The van der Waals surface area contributed by atoms with E-state index >= 15 is 0 Å². The molecule has 2 amide bonds. The number of anilines is 2. The second-order valence-electron chi connectivity index (χ2n) is 16.0. The first-order valence-corrected chi connectivity index (χ1v) is 16.5. The molecular weight excluding hydrogens is 635 g/mol. The van der Waals surface area contributed by atoms with E-state index in [0.29, 0.717) is 0 Å². The third kappa shape index (κ3) is 11.0. The fourth-order valence-corrected chi connectivity index (χ4v) is 4.58. The molecule has 4 heterocycles. The van der Waals surface area contributed by atoms with Gasteiger partial charge in [0.2, 0.25) is 0 Å². The van der Waals surface area contributed by atoms with Crippen LogP contribution in [0, 0.1) is 0 Å². The highest BCUT2D eigenvalue weighted by Gasteiger charge is 2.53. The van der Waals surface area contributed by atoms with Gasteiger partial charge in [-0.25, -0.2) is 19.3 Å². The Hall–Kier alpha value is -3.92. The van der Waals surface area contributed by atoms with Gasteiger partial charge >= 0.3 is 25.4 Å². The Morgan fingerprint density at radius 2 is 1.35 bits per heavy atom. The second-order valence-corrected chi connectivity index (χ2v) is 16.0. The summed E-state index contributed by atoms with van der Waals surface area (Å²) in [5.41, 5.74) is -3.82. The lowest BCUT2D eigenvalue weighted by Gasteiger charge is -2.32. The monoisotopic (exact) mass is 690 g/mol. The van der Waals surface area contributed by atoms with Crippen molar-refractivity contribution in [2.24, 2.45) is 0 Å². The van der Waals surface area contributed by atoms with Crippen LogP contribution < -0.4 is 16.1 Å². The molecule has 2 aromatic rings. The van der Waals surface area contributed by atoms with E-state index in [1.165, 1.54) is 18.7 Å². The summed E-state index contributed by atoms with van der Waals surface area (Å²) in [4.78, 5) is 59.1. The first-order chi connectivity index (χ1) is 22.3. The highest BCUT2D eigenvalue weighted by Crippen LogP contribution is 2.37. The lowest BCUT2D eigenvalue weighted by atomic mass is 9.84. The Morgan fingerprint density at radius 1 is 0.837 bits per heavy atom. The number of carbonyl (C=O) groups excluding carboxylic acids is 3. The van der Waals surface area contributed by atoms with Crippen molar-refractivity contribution in [2.45, 2.75) is 137 Å². The Bertz CT molecular complexity index is 1530. The summed E-state index contributed by atoms with van der Waals surface area (Å²) >= 11 is 0. The average Bonchev–Trinajstić information content (AvgIpc) is 3.44. The number of carbonyl (C=O) groups is 3. The van der Waals surface area contributed by atoms with Gasteiger partial charge in [0.05, 0.1) is 29.2 Å². The van der Waals surface area contributed by atoms with Crippen molar-refractivity contribution in [1.29, 1.82) is 0 Å². The molecule has 0 atom stereocenters. The Morgan fingerprint density at radius 3 is 1.84 bits per heavy atom. The number of likely N-dealkylation sites (tertiary alicyclic amines) is 1. The zero-order valence-electron chi connectivity index (χ0n) is 31.3. The lowest BCUT2D eigenvalue weighted by Crippen LogP contribution is -2.43. The van der Waals surface area contributed by atoms with Crippen LogP contribution in [-0.4, -0.2) is 91.1 Å². The minimum Gasteiger partial charge on any atom is -0.444 e. The molecule has 274 valence electrons. The molecule has 1 N–H and O–H groups in total. The SMILES string of the molecule is CC(C)(C)OC(=O)N(c1cc(B2OC(C)(C)C(C)(C)O2)n(C(=O)OC(C)(C)C)n1)c1cncc(=O)[nH]1.CC(C)(C)OC(=O)N1CCCCC1.[HH]. The molecule has 0 aromatic carbocycles. The van der Waals surface area contributed by atoms with Crippen molar-refractivity contribution in [3.05, 3.63) is 28.8 Å². The van der Waals surface area contributed by atoms with Crippen LogP contribution in [0.3, 0.4) is 0 Å². The minimum absolute atomic E-state index is 0. The number of hydrogen-bond acceptors (Lipinski definition) is 11. The molecule has 0 unspecified atom stereocenters. The highest BCUT2D eigenvalue weighted by atomic mass is 16.7. The van der Waals surface area contributed by atoms with Crippen molar-refractivity contribution in [2.75, 3.05) is 18.0 Å². The molecule has 0 bridgehead atoms. The van der Waals surface area contributed by atoms with E-state index in [2.05, 4.69) is 15.1 Å². The van der Waals surface area contributed by atoms with E-state index < -0.39 is 47.3 Å². The summed E-state index contributed by atoms with van der Waals surface area (Å²) in [6, 6.07) is 1.45. The second kappa shape index (κ2) is 14.5. The molecule has 0 aliphatic carbocycles. The number of aromatic amines is 1. The van der Waals surface area contributed by atoms with Crippen LogP contribution in [-0.2, 0) is 23.5 Å². The van der Waals surface area contributed by atoms with E-state index in [9.17, 15) is 19.2 Å². The number of H-pyrrole nitrogens is 1. The number of piperidine rings is 1. The summed E-state index contributed by atoms with van der Waals surface area (Å²) in [7, 11) is -1.00. The summed E-state index contributed by atoms with van der Waals surface area (Å²) < 4.78 is 29.6. The van der Waals surface area contributed by atoms with Crippen LogP contribution in [0.4, 0.5) is 26.0 Å². The van der Waals surface area contributed by atoms with Crippen LogP contribution >= 0.6 is 0 Å². The molecule has 2 fully saturated rings. The number of nitrogens with one attached hydrogen (secondary N) is 1. The first kappa shape index (κ1) is 39.5. The topological polar surface area (TPSA) is 167 Å². The quantitative estimate of drug-likeness (QED) is 0.307. The summed E-state index contributed by atoms with van der Waals surface area (Å²) in [5, 5.41) is 4.35. The number of hydrogen-bond donors (Lipinski definition) is 1. The third-order valence-corrected chi connectivity index (χ3v) is 7.48. The van der Waals surface area contributed by atoms with Crippen LogP contribution in [0.2, 0.25) is 0 Å². The molecule has 49 heavy (non-hydrogen) atoms. The standard InChI is InChI=1S/C23H34BN5O7.C10H19NO2.H2/c1-20(2,3)33-18(31)28(16-12-25-13-17(30)26-16)15-11-14(24-35-22(7,8)23(9,10)36-24)29(27-15)19(32)34-21(4,5)6;1-10(2,3)13-9(12)11-7-5-4-6-8-11;/h11-13H,1-10H3,(H,26,30);4-8H2,1-3H3;1H. The van der Waals surface area contributed by atoms with Gasteiger partial charge in [-0.15, -0.1) is 5.10 Å². The van der Waals surface area contributed by atoms with E-state index in [-0.39, 0.29) is 30.3 Å². The number of nitrogens with zero attached hydrogens (tertiary/aromatic N) is 5. The van der Waals surface area contributed by atoms with Crippen LogP contribution in [0.5, 0.6) is 0 Å². The van der Waals surface area contributed by atoms with Crippen molar-refractivity contribution in [3.63, 3.8) is 0 Å². The fourth-order valence-electron chi connectivity index (χ4n) is 4.58. The maximum atomic E-state index is 13.2. The molecule has 0 radical (unpaired) electrons. The van der Waals surface area contributed by atoms with Gasteiger partial charge in [-0.05, 0) is 109 Å². The zero-order valence-corrected chi connectivity index (χ0v) is 31.3. The van der Waals surface area contributed by atoms with E-state index in [4.69, 9.17) is 23.5 Å². The van der Waals surface area contributed by atoms with Gasteiger partial charge in [0.15, 0.2) is 5.82 Å². The number of ether oxygens (including phenoxy) is 3. The third-order valence-electron chi connectivity index (χ3n) is 7.48. The maximum Gasteiger partial charge on any atom is 0.515 e. The van der Waals surface area contributed by atoms with Gasteiger partial charge in [-0.2, -0.15) is 4.68 Å². The molecule has 2 aliphatic rings. The number of rotatable bonds is 3. The normalized spacial score (nSPS) is 17.5. The smallest absolute Gasteiger partial charge is 0.444 e. The molecule has 0 spiro atoms. The van der Waals surface area contributed by atoms with Crippen LogP contribution in [0.25, 0.3) is 0 Å². The Labute approximate surface area is 290 Å². The van der Waals surface area contributed by atoms with Crippen LogP contribution in [0.1, 0.15) is 111 Å². The molecule has 2 saturated heterocycles. The largest absolute Gasteiger partial charge is 0.515 e. The first-order valence-electron chi connectivity index (χ1n) is 16.5. The highest BCUT2D eigenvalue weighted by molar-refractivity contribution is 6.61. The molecule has 16 heteroatoms. The van der Waals surface area contributed by atoms with Gasteiger partial charge in [0, 0.05) is 20.6 Å². The van der Waals surface area contributed by atoms with Gasteiger partial charge in [0.25, 0.3) is 5.56 Å². The van der Waals surface area contributed by atoms with Crippen molar-refractivity contribution in [1.82, 2.24) is 24.6 Å². The fraction of sp³-hybridized carbons (Fsp3) is 0.697. The number of aromatic nitrogens is 4. The molecular formula is C33H55BN6O9. The van der Waals surface area contributed by atoms with E-state index in [1.807, 2.05) is 48.5 Å². The van der Waals surface area contributed by atoms with Crippen molar-refractivity contribution in [3.8, 4) is 0 Å². The summed E-state index contributed by atoms with van der Waals surface area (Å²) in [6.07, 6.45) is 3.98. The Kier molecular flexibility index (Phi) is 11.7. The van der Waals surface area contributed by atoms with Crippen molar-refractivity contribution >= 4 is 42.6 Å². The molecule has 0 saturated carbocycles. The van der Waals surface area contributed by atoms with Gasteiger partial charge in [-0.1, -0.05) is 0 Å². The predicted molar refractivity (Wildman–Crippen MR) is 187 cm³/mol. The molecule has 15 nitrogen and oxygen atoms in total. The van der Waals surface area contributed by atoms with E-state index in [1.54, 1.807) is 46.4 Å². The minimum atomic E-state index is -1.00. The van der Waals surface area contributed by atoms with Crippen LogP contribution in [0.15, 0.2) is 23.3 Å². The Balaban J connectivity index is 0.000000521. The van der Waals surface area contributed by atoms with Crippen molar-refractivity contribution < 1.29 is 39.3 Å². The van der Waals surface area contributed by atoms with Gasteiger partial charge in [-0.3, -0.25) is 9.78 Å².